The molecule has 0 saturated heterocycles. The minimum Gasteiger partial charge on any atom is -0.476 e. The average Bonchev–Trinajstić information content (AvgIpc) is 2.74. The van der Waals surface area contributed by atoms with E-state index in [1.807, 2.05) is 13.8 Å². The van der Waals surface area contributed by atoms with Crippen molar-refractivity contribution in [2.24, 2.45) is 0 Å². The Morgan fingerprint density at radius 3 is 2.47 bits per heavy atom. The lowest BCUT2D eigenvalue weighted by Crippen LogP contribution is -2.34. The third-order valence-electron chi connectivity index (χ3n) is 2.72. The van der Waals surface area contributed by atoms with Crippen LogP contribution in [0, 0.1) is 0 Å². The fourth-order valence-electron chi connectivity index (χ4n) is 1.71. The van der Waals surface area contributed by atoms with Gasteiger partial charge in [0, 0.05) is 20.2 Å². The maximum absolute atomic E-state index is 12.0. The van der Waals surface area contributed by atoms with E-state index in [2.05, 4.69) is 10.3 Å². The molecule has 1 amide bonds. The van der Waals surface area contributed by atoms with Crippen LogP contribution >= 0.6 is 0 Å². The molecule has 0 fully saturated rings. The number of methoxy groups -OCH3 is 1. The Labute approximate surface area is 111 Å². The van der Waals surface area contributed by atoms with Crippen molar-refractivity contribution >= 4 is 11.9 Å². The number of hydrogen-bond donors (Lipinski definition) is 1. The molecule has 0 atom stereocenters. The highest BCUT2D eigenvalue weighted by Crippen LogP contribution is 2.08. The maximum atomic E-state index is 12.0. The molecule has 1 heterocycles. The summed E-state index contributed by atoms with van der Waals surface area (Å²) in [6.07, 6.45) is 0. The van der Waals surface area contributed by atoms with E-state index >= 15 is 0 Å². The zero-order valence-electron chi connectivity index (χ0n) is 11.3. The first-order valence-electron chi connectivity index (χ1n) is 5.97. The van der Waals surface area contributed by atoms with Crippen LogP contribution in [0.1, 0.15) is 30.0 Å². The van der Waals surface area contributed by atoms with Gasteiger partial charge in [0.15, 0.2) is 5.69 Å². The SMILES string of the molecule is CCN(CC)C(=O)Cn1nnc(C(=O)O)c1COC. The van der Waals surface area contributed by atoms with Crippen molar-refractivity contribution in [3.05, 3.63) is 11.4 Å². The number of aromatic carboxylic acids is 1. The Balaban J connectivity index is 2.94. The van der Waals surface area contributed by atoms with E-state index in [1.54, 1.807) is 4.90 Å². The molecular formula is C11H18N4O4. The second-order valence-electron chi connectivity index (χ2n) is 3.85. The van der Waals surface area contributed by atoms with Crippen LogP contribution in [0.4, 0.5) is 0 Å². The summed E-state index contributed by atoms with van der Waals surface area (Å²) < 4.78 is 6.19. The topological polar surface area (TPSA) is 97.6 Å². The van der Waals surface area contributed by atoms with Gasteiger partial charge in [0.05, 0.1) is 12.3 Å². The Morgan fingerprint density at radius 2 is 2.00 bits per heavy atom. The second-order valence-corrected chi connectivity index (χ2v) is 3.85. The van der Waals surface area contributed by atoms with E-state index in [4.69, 9.17) is 9.84 Å². The summed E-state index contributed by atoms with van der Waals surface area (Å²) in [5.74, 6) is -1.32. The van der Waals surface area contributed by atoms with E-state index in [-0.39, 0.29) is 30.4 Å². The van der Waals surface area contributed by atoms with Gasteiger partial charge >= 0.3 is 5.97 Å². The van der Waals surface area contributed by atoms with Crippen molar-refractivity contribution < 1.29 is 19.4 Å². The molecule has 1 aromatic heterocycles. The van der Waals surface area contributed by atoms with Gasteiger partial charge < -0.3 is 14.7 Å². The second kappa shape index (κ2) is 6.83. The lowest BCUT2D eigenvalue weighted by atomic mass is 10.3. The molecule has 0 spiro atoms. The van der Waals surface area contributed by atoms with Crippen LogP contribution in [-0.4, -0.2) is 57.1 Å². The molecule has 0 aliphatic heterocycles. The van der Waals surface area contributed by atoms with E-state index < -0.39 is 5.97 Å². The van der Waals surface area contributed by atoms with Crippen LogP contribution in [0.15, 0.2) is 0 Å². The summed E-state index contributed by atoms with van der Waals surface area (Å²) in [7, 11) is 1.44. The first-order valence-corrected chi connectivity index (χ1v) is 5.97. The number of carboxylic acid groups (broad SMARTS) is 1. The molecule has 0 bridgehead atoms. The minimum atomic E-state index is -1.19. The molecule has 0 saturated carbocycles. The van der Waals surface area contributed by atoms with Gasteiger partial charge in [0.2, 0.25) is 5.91 Å². The fourth-order valence-corrected chi connectivity index (χ4v) is 1.71. The molecule has 8 nitrogen and oxygen atoms in total. The van der Waals surface area contributed by atoms with Gasteiger partial charge in [0.25, 0.3) is 0 Å². The summed E-state index contributed by atoms with van der Waals surface area (Å²) in [6.45, 7) is 4.94. The molecule has 19 heavy (non-hydrogen) atoms. The van der Waals surface area contributed by atoms with Crippen LogP contribution in [-0.2, 0) is 22.7 Å². The number of likely N-dealkylation sites (N-methyl/N-ethyl adjacent to an activating group) is 1. The maximum Gasteiger partial charge on any atom is 0.358 e. The summed E-state index contributed by atoms with van der Waals surface area (Å²) in [4.78, 5) is 24.6. The zero-order valence-corrected chi connectivity index (χ0v) is 11.3. The highest BCUT2D eigenvalue weighted by atomic mass is 16.5. The molecule has 0 unspecified atom stereocenters. The largest absolute Gasteiger partial charge is 0.476 e. The number of rotatable bonds is 7. The van der Waals surface area contributed by atoms with Crippen molar-refractivity contribution in [3.8, 4) is 0 Å². The van der Waals surface area contributed by atoms with Gasteiger partial charge in [-0.05, 0) is 13.8 Å². The van der Waals surface area contributed by atoms with Crippen LogP contribution in [0.5, 0.6) is 0 Å². The molecular weight excluding hydrogens is 252 g/mol. The molecule has 106 valence electrons. The normalized spacial score (nSPS) is 10.5. The quantitative estimate of drug-likeness (QED) is 0.748. The number of carbonyl (C=O) groups excluding carboxylic acids is 1. The molecule has 1 N–H and O–H groups in total. The number of hydrogen-bond acceptors (Lipinski definition) is 5. The Morgan fingerprint density at radius 1 is 1.37 bits per heavy atom. The highest BCUT2D eigenvalue weighted by molar-refractivity contribution is 5.86. The van der Waals surface area contributed by atoms with Gasteiger partial charge in [-0.3, -0.25) is 4.79 Å². The average molecular weight is 270 g/mol. The van der Waals surface area contributed by atoms with Gasteiger partial charge in [-0.2, -0.15) is 0 Å². The predicted octanol–water partition coefficient (Wildman–Crippen LogP) is -0.00890. The first-order chi connectivity index (χ1) is 9.04. The molecule has 8 heteroatoms. The van der Waals surface area contributed by atoms with Gasteiger partial charge in [-0.1, -0.05) is 5.21 Å². The van der Waals surface area contributed by atoms with Crippen molar-refractivity contribution in [2.75, 3.05) is 20.2 Å². The van der Waals surface area contributed by atoms with Crippen LogP contribution in [0.2, 0.25) is 0 Å². The van der Waals surface area contributed by atoms with Crippen molar-refractivity contribution in [1.82, 2.24) is 19.9 Å². The molecule has 0 radical (unpaired) electrons. The molecule has 0 aliphatic carbocycles. The monoisotopic (exact) mass is 270 g/mol. The Bertz CT molecular complexity index is 454. The zero-order chi connectivity index (χ0) is 14.4. The smallest absolute Gasteiger partial charge is 0.358 e. The number of ether oxygens (including phenoxy) is 1. The molecule has 1 aromatic rings. The van der Waals surface area contributed by atoms with Crippen molar-refractivity contribution in [3.63, 3.8) is 0 Å². The predicted molar refractivity (Wildman–Crippen MR) is 65.6 cm³/mol. The standard InChI is InChI=1S/C11H18N4O4/c1-4-14(5-2)9(16)6-15-8(7-19-3)10(11(17)18)12-13-15/h4-7H2,1-3H3,(H,17,18). The number of nitrogens with zero attached hydrogens (tertiary/aromatic N) is 4. The number of amides is 1. The highest BCUT2D eigenvalue weighted by Gasteiger charge is 2.21. The first kappa shape index (κ1) is 15.1. The van der Waals surface area contributed by atoms with Gasteiger partial charge in [0.1, 0.15) is 6.54 Å². The molecule has 0 aliphatic rings. The summed E-state index contributed by atoms with van der Waals surface area (Å²) >= 11 is 0. The lowest BCUT2D eigenvalue weighted by molar-refractivity contribution is -0.131. The van der Waals surface area contributed by atoms with Gasteiger partial charge in [-0.25, -0.2) is 9.48 Å². The van der Waals surface area contributed by atoms with Crippen LogP contribution in [0.25, 0.3) is 0 Å². The lowest BCUT2D eigenvalue weighted by Gasteiger charge is -2.18. The van der Waals surface area contributed by atoms with Crippen molar-refractivity contribution in [2.45, 2.75) is 27.0 Å². The summed E-state index contributed by atoms with van der Waals surface area (Å²) in [5.41, 5.74) is 0.102. The van der Waals surface area contributed by atoms with Crippen LogP contribution < -0.4 is 0 Å². The third-order valence-corrected chi connectivity index (χ3v) is 2.72. The molecule has 0 aromatic carbocycles. The fraction of sp³-hybridized carbons (Fsp3) is 0.636. The Hall–Kier alpha value is -1.96. The minimum absolute atomic E-state index is 0.0410. The third kappa shape index (κ3) is 3.50. The summed E-state index contributed by atoms with van der Waals surface area (Å²) in [5, 5.41) is 16.2. The van der Waals surface area contributed by atoms with E-state index in [1.165, 1.54) is 11.8 Å². The molecule has 1 rings (SSSR count). The van der Waals surface area contributed by atoms with E-state index in [0.29, 0.717) is 13.1 Å². The number of carboxylic acids is 1. The van der Waals surface area contributed by atoms with Crippen molar-refractivity contribution in [1.29, 1.82) is 0 Å². The van der Waals surface area contributed by atoms with E-state index in [0.717, 1.165) is 0 Å². The number of aromatic nitrogens is 3. The summed E-state index contributed by atoms with van der Waals surface area (Å²) in [6, 6.07) is 0. The van der Waals surface area contributed by atoms with Gasteiger partial charge in [-0.15, -0.1) is 5.10 Å². The Kier molecular flexibility index (Phi) is 5.43. The number of carbonyl (C=O) groups is 2. The van der Waals surface area contributed by atoms with Crippen LogP contribution in [0.3, 0.4) is 0 Å². The van der Waals surface area contributed by atoms with E-state index in [9.17, 15) is 9.59 Å².